The van der Waals surface area contributed by atoms with Gasteiger partial charge in [-0.2, -0.15) is 0 Å². The van der Waals surface area contributed by atoms with E-state index in [1.807, 2.05) is 20.0 Å². The van der Waals surface area contributed by atoms with Crippen LogP contribution in [-0.2, 0) is 6.42 Å². The van der Waals surface area contributed by atoms with E-state index in [1.54, 1.807) is 0 Å². The van der Waals surface area contributed by atoms with Crippen molar-refractivity contribution in [3.8, 4) is 0 Å². The number of pyridine rings is 2. The van der Waals surface area contributed by atoms with Crippen molar-refractivity contribution >= 4 is 0 Å². The van der Waals surface area contributed by atoms with Crippen molar-refractivity contribution in [2.45, 2.75) is 27.2 Å². The summed E-state index contributed by atoms with van der Waals surface area (Å²) in [5.41, 5.74) is 5.69. The molecule has 0 saturated heterocycles. The maximum Gasteiger partial charge on any atom is 0.0469 e. The van der Waals surface area contributed by atoms with Crippen LogP contribution in [0.1, 0.15) is 28.2 Å². The highest BCUT2D eigenvalue weighted by atomic mass is 14.7. The molecule has 16 heavy (non-hydrogen) atoms. The van der Waals surface area contributed by atoms with Crippen LogP contribution in [0.5, 0.6) is 0 Å². The third-order valence-corrected chi connectivity index (χ3v) is 2.49. The zero-order valence-corrected chi connectivity index (χ0v) is 9.99. The van der Waals surface area contributed by atoms with Crippen LogP contribution in [0.2, 0.25) is 0 Å². The highest BCUT2D eigenvalue weighted by Crippen LogP contribution is 2.09. The Balaban J connectivity index is 2.23. The molecule has 0 unspecified atom stereocenters. The standard InChI is InChI=1S/C14H16N2/c1-10-4-5-13(15-9-10)8-14-7-11(2)6-12(3)16-14/h4-7,9H,8H2,1-3H3. The molecule has 2 heteroatoms. The zero-order chi connectivity index (χ0) is 11.5. The summed E-state index contributed by atoms with van der Waals surface area (Å²) in [6, 6.07) is 8.36. The second-order valence-corrected chi connectivity index (χ2v) is 4.28. The SMILES string of the molecule is Cc1ccc(Cc2cc(C)cc(C)n2)nc1. The molecule has 2 rings (SSSR count). The number of aryl methyl sites for hydroxylation is 3. The molecule has 0 saturated carbocycles. The fourth-order valence-electron chi connectivity index (χ4n) is 1.80. The Morgan fingerprint density at radius 2 is 1.75 bits per heavy atom. The van der Waals surface area contributed by atoms with Gasteiger partial charge in [0.05, 0.1) is 0 Å². The quantitative estimate of drug-likeness (QED) is 0.764. The predicted molar refractivity (Wildman–Crippen MR) is 65.5 cm³/mol. The van der Waals surface area contributed by atoms with Crippen molar-refractivity contribution in [1.29, 1.82) is 0 Å². The van der Waals surface area contributed by atoms with Gasteiger partial charge in [-0.1, -0.05) is 6.07 Å². The van der Waals surface area contributed by atoms with Crippen LogP contribution in [0.15, 0.2) is 30.5 Å². The third-order valence-electron chi connectivity index (χ3n) is 2.49. The monoisotopic (exact) mass is 212 g/mol. The van der Waals surface area contributed by atoms with Crippen LogP contribution in [0.4, 0.5) is 0 Å². The maximum atomic E-state index is 4.51. The Bertz CT molecular complexity index is 466. The van der Waals surface area contributed by atoms with Crippen molar-refractivity contribution in [3.63, 3.8) is 0 Å². The van der Waals surface area contributed by atoms with Gasteiger partial charge in [-0.25, -0.2) is 0 Å². The molecule has 0 atom stereocenters. The lowest BCUT2D eigenvalue weighted by Crippen LogP contribution is -1.97. The van der Waals surface area contributed by atoms with Gasteiger partial charge < -0.3 is 0 Å². The first-order valence-corrected chi connectivity index (χ1v) is 5.49. The molecule has 2 aromatic heterocycles. The first-order valence-electron chi connectivity index (χ1n) is 5.49. The molecule has 0 fully saturated rings. The third kappa shape index (κ3) is 2.66. The predicted octanol–water partition coefficient (Wildman–Crippen LogP) is 2.99. The molecule has 2 nitrogen and oxygen atoms in total. The molecule has 0 spiro atoms. The smallest absolute Gasteiger partial charge is 0.0469 e. The highest BCUT2D eigenvalue weighted by molar-refractivity contribution is 5.23. The second-order valence-electron chi connectivity index (χ2n) is 4.28. The topological polar surface area (TPSA) is 25.8 Å². The fourth-order valence-corrected chi connectivity index (χ4v) is 1.80. The Hall–Kier alpha value is -1.70. The molecule has 0 radical (unpaired) electrons. The molecule has 2 heterocycles. The zero-order valence-electron chi connectivity index (χ0n) is 9.99. The van der Waals surface area contributed by atoms with Crippen LogP contribution in [0, 0.1) is 20.8 Å². The van der Waals surface area contributed by atoms with E-state index in [0.29, 0.717) is 0 Å². The van der Waals surface area contributed by atoms with Crippen molar-refractivity contribution in [3.05, 3.63) is 58.7 Å². The summed E-state index contributed by atoms with van der Waals surface area (Å²) in [5.74, 6) is 0. The van der Waals surface area contributed by atoms with E-state index in [2.05, 4.69) is 41.2 Å². The number of aromatic nitrogens is 2. The van der Waals surface area contributed by atoms with Gasteiger partial charge in [-0.3, -0.25) is 9.97 Å². The van der Waals surface area contributed by atoms with Crippen molar-refractivity contribution in [1.82, 2.24) is 9.97 Å². The van der Waals surface area contributed by atoms with Gasteiger partial charge >= 0.3 is 0 Å². The molecular weight excluding hydrogens is 196 g/mol. The molecule has 0 aliphatic heterocycles. The lowest BCUT2D eigenvalue weighted by Gasteiger charge is -2.04. The Morgan fingerprint density at radius 1 is 0.938 bits per heavy atom. The van der Waals surface area contributed by atoms with Crippen LogP contribution >= 0.6 is 0 Å². The van der Waals surface area contributed by atoms with Gasteiger partial charge in [-0.15, -0.1) is 0 Å². The van der Waals surface area contributed by atoms with Crippen molar-refractivity contribution in [2.75, 3.05) is 0 Å². The first-order chi connectivity index (χ1) is 7.63. The molecule has 0 N–H and O–H groups in total. The number of hydrogen-bond acceptors (Lipinski definition) is 2. The van der Waals surface area contributed by atoms with Gasteiger partial charge in [0.1, 0.15) is 0 Å². The van der Waals surface area contributed by atoms with Gasteiger partial charge in [0.25, 0.3) is 0 Å². The van der Waals surface area contributed by atoms with Crippen molar-refractivity contribution in [2.24, 2.45) is 0 Å². The number of hydrogen-bond donors (Lipinski definition) is 0. The van der Waals surface area contributed by atoms with Gasteiger partial charge in [0.2, 0.25) is 0 Å². The summed E-state index contributed by atoms with van der Waals surface area (Å²) < 4.78 is 0. The van der Waals surface area contributed by atoms with E-state index in [4.69, 9.17) is 0 Å². The largest absolute Gasteiger partial charge is 0.261 e. The maximum absolute atomic E-state index is 4.51. The lowest BCUT2D eigenvalue weighted by molar-refractivity contribution is 0.981. The Morgan fingerprint density at radius 3 is 2.38 bits per heavy atom. The van der Waals surface area contributed by atoms with Crippen LogP contribution in [0.25, 0.3) is 0 Å². The molecular formula is C14H16N2. The van der Waals surface area contributed by atoms with Gasteiger partial charge in [0, 0.05) is 29.7 Å². The summed E-state index contributed by atoms with van der Waals surface area (Å²) in [7, 11) is 0. The molecule has 0 amide bonds. The van der Waals surface area contributed by atoms with E-state index in [0.717, 1.165) is 23.5 Å². The normalized spacial score (nSPS) is 10.4. The van der Waals surface area contributed by atoms with E-state index >= 15 is 0 Å². The molecule has 0 aliphatic carbocycles. The second kappa shape index (κ2) is 4.44. The molecule has 0 aliphatic rings. The molecule has 82 valence electrons. The highest BCUT2D eigenvalue weighted by Gasteiger charge is 2.00. The van der Waals surface area contributed by atoms with Crippen LogP contribution in [0.3, 0.4) is 0 Å². The molecule has 0 bridgehead atoms. The summed E-state index contributed by atoms with van der Waals surface area (Å²) in [6.07, 6.45) is 2.71. The molecule has 0 aromatic carbocycles. The number of rotatable bonds is 2. The summed E-state index contributed by atoms with van der Waals surface area (Å²) >= 11 is 0. The average Bonchev–Trinajstić information content (AvgIpc) is 2.20. The van der Waals surface area contributed by atoms with E-state index in [9.17, 15) is 0 Å². The first kappa shape index (κ1) is 10.8. The molecule has 2 aromatic rings. The summed E-state index contributed by atoms with van der Waals surface area (Å²) in [6.45, 7) is 6.17. The minimum atomic E-state index is 0.808. The Labute approximate surface area is 96.4 Å². The van der Waals surface area contributed by atoms with Gasteiger partial charge in [-0.05, 0) is 50.1 Å². The fraction of sp³-hybridized carbons (Fsp3) is 0.286. The average molecular weight is 212 g/mol. The van der Waals surface area contributed by atoms with E-state index in [1.165, 1.54) is 11.1 Å². The van der Waals surface area contributed by atoms with Crippen LogP contribution in [-0.4, -0.2) is 9.97 Å². The van der Waals surface area contributed by atoms with E-state index < -0.39 is 0 Å². The summed E-state index contributed by atoms with van der Waals surface area (Å²) in [4.78, 5) is 8.90. The lowest BCUT2D eigenvalue weighted by atomic mass is 10.1. The van der Waals surface area contributed by atoms with Gasteiger partial charge in [0.15, 0.2) is 0 Å². The Kier molecular flexibility index (Phi) is 3.00. The minimum absolute atomic E-state index is 0.808. The minimum Gasteiger partial charge on any atom is -0.261 e. The summed E-state index contributed by atoms with van der Waals surface area (Å²) in [5, 5.41) is 0. The number of nitrogens with zero attached hydrogens (tertiary/aromatic N) is 2. The van der Waals surface area contributed by atoms with Crippen LogP contribution < -0.4 is 0 Å². The van der Waals surface area contributed by atoms with E-state index in [-0.39, 0.29) is 0 Å². The van der Waals surface area contributed by atoms with Crippen molar-refractivity contribution < 1.29 is 0 Å².